The largest absolute Gasteiger partial charge is 0.573 e. The second-order valence-corrected chi connectivity index (χ2v) is 4.46. The first-order valence-corrected chi connectivity index (χ1v) is 6.01. The molecule has 1 N–H and O–H groups in total. The van der Waals surface area contributed by atoms with Crippen LogP contribution in [0.5, 0.6) is 5.75 Å². The number of para-hydroxylation sites is 1. The first-order valence-electron chi connectivity index (χ1n) is 6.01. The third-order valence-electron chi connectivity index (χ3n) is 2.52. The van der Waals surface area contributed by atoms with Crippen molar-refractivity contribution < 1.29 is 27.8 Å². The van der Waals surface area contributed by atoms with E-state index in [1.54, 1.807) is 24.1 Å². The van der Waals surface area contributed by atoms with Gasteiger partial charge in [-0.15, -0.1) is 13.2 Å². The average Bonchev–Trinajstić information content (AvgIpc) is 2.30. The van der Waals surface area contributed by atoms with E-state index in [1.807, 2.05) is 0 Å². The molecule has 0 aliphatic carbocycles. The molecule has 1 rings (SSSR count). The van der Waals surface area contributed by atoms with Gasteiger partial charge in [0.25, 0.3) is 0 Å². The van der Waals surface area contributed by atoms with Crippen LogP contribution in [0.4, 0.5) is 13.2 Å². The van der Waals surface area contributed by atoms with Gasteiger partial charge in [0, 0.05) is 25.8 Å². The van der Waals surface area contributed by atoms with Crippen molar-refractivity contribution in [3.63, 3.8) is 0 Å². The average molecular weight is 293 g/mol. The maximum atomic E-state index is 12.3. The summed E-state index contributed by atoms with van der Waals surface area (Å²) in [4.78, 5) is 1.70. The molecule has 0 amide bonds. The minimum absolute atomic E-state index is 0.172. The van der Waals surface area contributed by atoms with Crippen LogP contribution in [0.25, 0.3) is 0 Å². The summed E-state index contributed by atoms with van der Waals surface area (Å²) in [5.41, 5.74) is 0.400. The molecular formula is C13H18F3NO3. The molecule has 0 aliphatic rings. The summed E-state index contributed by atoms with van der Waals surface area (Å²) in [6, 6.07) is 5.94. The lowest BCUT2D eigenvalue weighted by Gasteiger charge is -2.21. The van der Waals surface area contributed by atoms with Crippen molar-refractivity contribution in [1.29, 1.82) is 0 Å². The van der Waals surface area contributed by atoms with Crippen LogP contribution in [0, 0.1) is 0 Å². The van der Waals surface area contributed by atoms with Crippen LogP contribution in [0.3, 0.4) is 0 Å². The maximum Gasteiger partial charge on any atom is 0.573 e. The number of aliphatic hydroxyl groups is 1. The lowest BCUT2D eigenvalue weighted by molar-refractivity contribution is -0.275. The number of hydrogen-bond acceptors (Lipinski definition) is 4. The van der Waals surface area contributed by atoms with Crippen molar-refractivity contribution in [2.45, 2.75) is 19.0 Å². The molecule has 1 aromatic rings. The minimum Gasteiger partial charge on any atom is -0.405 e. The number of nitrogens with zero attached hydrogens (tertiary/aromatic N) is 1. The first kappa shape index (κ1) is 16.7. The fourth-order valence-electron chi connectivity index (χ4n) is 1.82. The number of methoxy groups -OCH3 is 1. The monoisotopic (exact) mass is 293 g/mol. The summed E-state index contributed by atoms with van der Waals surface area (Å²) < 4.78 is 45.6. The molecule has 0 heterocycles. The number of benzene rings is 1. The smallest absolute Gasteiger partial charge is 0.405 e. The minimum atomic E-state index is -4.72. The highest BCUT2D eigenvalue weighted by molar-refractivity contribution is 5.33. The number of aliphatic hydroxyl groups excluding tert-OH is 1. The Morgan fingerprint density at radius 2 is 1.95 bits per heavy atom. The lowest BCUT2D eigenvalue weighted by Crippen LogP contribution is -2.31. The molecule has 114 valence electrons. The van der Waals surface area contributed by atoms with Crippen molar-refractivity contribution >= 4 is 0 Å². The number of ether oxygens (including phenoxy) is 2. The molecule has 0 fully saturated rings. The van der Waals surface area contributed by atoms with Gasteiger partial charge in [0.1, 0.15) is 5.75 Å². The quantitative estimate of drug-likeness (QED) is 0.835. The lowest BCUT2D eigenvalue weighted by atomic mass is 10.2. The second kappa shape index (κ2) is 7.47. The number of alkyl halides is 3. The van der Waals surface area contributed by atoms with E-state index in [9.17, 15) is 18.3 Å². The molecule has 1 aromatic carbocycles. The summed E-state index contributed by atoms with van der Waals surface area (Å²) in [5.74, 6) is -0.229. The van der Waals surface area contributed by atoms with Gasteiger partial charge < -0.3 is 14.6 Å². The van der Waals surface area contributed by atoms with Crippen LogP contribution in [-0.4, -0.2) is 49.8 Å². The van der Waals surface area contributed by atoms with E-state index in [0.29, 0.717) is 5.56 Å². The van der Waals surface area contributed by atoms with Crippen molar-refractivity contribution in [2.75, 3.05) is 27.3 Å². The van der Waals surface area contributed by atoms with Crippen molar-refractivity contribution in [2.24, 2.45) is 0 Å². The van der Waals surface area contributed by atoms with Crippen LogP contribution >= 0.6 is 0 Å². The maximum absolute atomic E-state index is 12.3. The summed E-state index contributed by atoms with van der Waals surface area (Å²) in [5, 5.41) is 9.58. The molecule has 0 spiro atoms. The predicted octanol–water partition coefficient (Wildman–Crippen LogP) is 2.02. The van der Waals surface area contributed by atoms with Gasteiger partial charge in [-0.05, 0) is 13.1 Å². The molecule has 0 aliphatic heterocycles. The Morgan fingerprint density at radius 1 is 1.30 bits per heavy atom. The molecule has 0 aromatic heterocycles. The normalized spacial score (nSPS) is 13.6. The van der Waals surface area contributed by atoms with Gasteiger partial charge in [0.2, 0.25) is 0 Å². The van der Waals surface area contributed by atoms with E-state index in [1.165, 1.54) is 19.2 Å². The fourth-order valence-corrected chi connectivity index (χ4v) is 1.82. The topological polar surface area (TPSA) is 41.9 Å². The molecular weight excluding hydrogens is 275 g/mol. The van der Waals surface area contributed by atoms with Crippen LogP contribution in [0.1, 0.15) is 5.56 Å². The molecule has 20 heavy (non-hydrogen) atoms. The van der Waals surface area contributed by atoms with Crippen LogP contribution < -0.4 is 4.74 Å². The Kier molecular flexibility index (Phi) is 6.25. The van der Waals surface area contributed by atoms with Crippen LogP contribution in [0.15, 0.2) is 24.3 Å². The Bertz CT molecular complexity index is 412. The van der Waals surface area contributed by atoms with Crippen LogP contribution in [0.2, 0.25) is 0 Å². The molecule has 0 radical (unpaired) electrons. The van der Waals surface area contributed by atoms with Crippen molar-refractivity contribution in [1.82, 2.24) is 4.90 Å². The molecule has 0 saturated heterocycles. The SMILES string of the molecule is COCC(O)CN(C)Cc1ccccc1OC(F)(F)F. The summed E-state index contributed by atoms with van der Waals surface area (Å²) in [6.45, 7) is 0.687. The van der Waals surface area contributed by atoms with E-state index in [-0.39, 0.29) is 25.4 Å². The number of halogens is 3. The number of hydrogen-bond donors (Lipinski definition) is 1. The Morgan fingerprint density at radius 3 is 2.55 bits per heavy atom. The highest BCUT2D eigenvalue weighted by atomic mass is 19.4. The molecule has 4 nitrogen and oxygen atoms in total. The Labute approximate surface area is 115 Å². The predicted molar refractivity (Wildman–Crippen MR) is 67.3 cm³/mol. The van der Waals surface area contributed by atoms with Gasteiger partial charge in [-0.3, -0.25) is 4.90 Å². The van der Waals surface area contributed by atoms with Crippen molar-refractivity contribution in [3.05, 3.63) is 29.8 Å². The zero-order valence-electron chi connectivity index (χ0n) is 11.4. The molecule has 1 unspecified atom stereocenters. The third kappa shape index (κ3) is 6.23. The number of likely N-dealkylation sites (N-methyl/N-ethyl adjacent to an activating group) is 1. The molecule has 1 atom stereocenters. The van der Waals surface area contributed by atoms with E-state index >= 15 is 0 Å². The standard InChI is InChI=1S/C13H18F3NO3/c1-17(8-11(18)9-19-2)7-10-5-3-4-6-12(10)20-13(14,15)16/h3-6,11,18H,7-9H2,1-2H3. The van der Waals surface area contributed by atoms with Gasteiger partial charge in [-0.25, -0.2) is 0 Å². The highest BCUT2D eigenvalue weighted by Gasteiger charge is 2.32. The highest BCUT2D eigenvalue weighted by Crippen LogP contribution is 2.26. The van der Waals surface area contributed by atoms with Gasteiger partial charge >= 0.3 is 6.36 Å². The molecule has 0 saturated carbocycles. The Hall–Kier alpha value is -1.31. The zero-order chi connectivity index (χ0) is 15.2. The van der Waals surface area contributed by atoms with E-state index in [2.05, 4.69) is 4.74 Å². The molecule has 0 bridgehead atoms. The van der Waals surface area contributed by atoms with E-state index in [4.69, 9.17) is 4.74 Å². The third-order valence-corrected chi connectivity index (χ3v) is 2.52. The van der Waals surface area contributed by atoms with Gasteiger partial charge in [-0.2, -0.15) is 0 Å². The Balaban J connectivity index is 2.67. The van der Waals surface area contributed by atoms with Crippen molar-refractivity contribution in [3.8, 4) is 5.75 Å². The summed E-state index contributed by atoms with van der Waals surface area (Å²) >= 11 is 0. The van der Waals surface area contributed by atoms with E-state index < -0.39 is 12.5 Å². The van der Waals surface area contributed by atoms with Gasteiger partial charge in [0.15, 0.2) is 0 Å². The van der Waals surface area contributed by atoms with Gasteiger partial charge in [0.05, 0.1) is 12.7 Å². The van der Waals surface area contributed by atoms with Gasteiger partial charge in [-0.1, -0.05) is 18.2 Å². The van der Waals surface area contributed by atoms with Crippen LogP contribution in [-0.2, 0) is 11.3 Å². The van der Waals surface area contributed by atoms with E-state index in [0.717, 1.165) is 0 Å². The first-order chi connectivity index (χ1) is 9.31. The zero-order valence-corrected chi connectivity index (χ0v) is 11.4. The fraction of sp³-hybridized carbons (Fsp3) is 0.538. The number of rotatable bonds is 7. The second-order valence-electron chi connectivity index (χ2n) is 4.46. The summed E-state index contributed by atoms with van der Waals surface area (Å²) in [6.07, 6.45) is -5.41. The molecule has 7 heteroatoms. The summed E-state index contributed by atoms with van der Waals surface area (Å²) in [7, 11) is 3.17.